The number of nitrogens with zero attached hydrogens (tertiary/aromatic N) is 2. The van der Waals surface area contributed by atoms with Crippen LogP contribution >= 0.6 is 0 Å². The third-order valence-electron chi connectivity index (χ3n) is 5.46. The highest BCUT2D eigenvalue weighted by atomic mass is 19.1. The molecule has 29 heavy (non-hydrogen) atoms. The molecule has 1 N–H and O–H groups in total. The van der Waals surface area contributed by atoms with Crippen molar-refractivity contribution in [1.29, 1.82) is 0 Å². The van der Waals surface area contributed by atoms with Gasteiger partial charge in [0.1, 0.15) is 5.82 Å². The first-order valence-corrected chi connectivity index (χ1v) is 10.3. The number of fused-ring (bicyclic) bond motifs is 1. The van der Waals surface area contributed by atoms with Gasteiger partial charge in [0.2, 0.25) is 5.91 Å². The first-order valence-electron chi connectivity index (χ1n) is 10.3. The van der Waals surface area contributed by atoms with Crippen molar-refractivity contribution in [3.63, 3.8) is 0 Å². The van der Waals surface area contributed by atoms with Crippen molar-refractivity contribution >= 4 is 16.8 Å². The molecular formula is C24H30FN3O. The van der Waals surface area contributed by atoms with E-state index in [1.807, 2.05) is 0 Å². The Labute approximate surface area is 172 Å². The van der Waals surface area contributed by atoms with Gasteiger partial charge in [-0.05, 0) is 54.6 Å². The predicted octanol–water partition coefficient (Wildman–Crippen LogP) is 4.76. The molecule has 5 heteroatoms. The fraction of sp³-hybridized carbons (Fsp3) is 0.375. The number of rotatable bonds is 4. The maximum absolute atomic E-state index is 11.9. The molecule has 0 unspecified atom stereocenters. The molecule has 1 aromatic heterocycles. The summed E-state index contributed by atoms with van der Waals surface area (Å²) >= 11 is 0. The molecule has 1 amide bonds. The second-order valence-electron chi connectivity index (χ2n) is 7.49. The monoisotopic (exact) mass is 395 g/mol. The summed E-state index contributed by atoms with van der Waals surface area (Å²) in [6, 6.07) is 17.2. The van der Waals surface area contributed by atoms with Gasteiger partial charge in [-0.25, -0.2) is 4.39 Å². The summed E-state index contributed by atoms with van der Waals surface area (Å²) in [5.41, 5.74) is 2.45. The number of hydrogen-bond acceptors (Lipinski definition) is 2. The minimum Gasteiger partial charge on any atom is -0.352 e. The van der Waals surface area contributed by atoms with Gasteiger partial charge < -0.3 is 14.8 Å². The van der Waals surface area contributed by atoms with Crippen LogP contribution in [0.15, 0.2) is 60.8 Å². The summed E-state index contributed by atoms with van der Waals surface area (Å²) in [5.74, 6) is -0.162. The zero-order valence-electron chi connectivity index (χ0n) is 17.3. The predicted molar refractivity (Wildman–Crippen MR) is 116 cm³/mol. The zero-order chi connectivity index (χ0) is 20.6. The Hall–Kier alpha value is -2.66. The molecule has 0 saturated carbocycles. The summed E-state index contributed by atoms with van der Waals surface area (Å²) in [6.45, 7) is 7.92. The van der Waals surface area contributed by atoms with Gasteiger partial charge in [0.15, 0.2) is 0 Å². The molecule has 0 atom stereocenters. The Balaban J connectivity index is 0.000000290. The van der Waals surface area contributed by atoms with Gasteiger partial charge in [-0.2, -0.15) is 0 Å². The average molecular weight is 396 g/mol. The lowest BCUT2D eigenvalue weighted by molar-refractivity contribution is -0.119. The number of likely N-dealkylation sites (tertiary alicyclic amines) is 1. The number of halogens is 1. The number of benzene rings is 2. The van der Waals surface area contributed by atoms with Crippen LogP contribution in [0, 0.1) is 5.82 Å². The van der Waals surface area contributed by atoms with E-state index in [1.165, 1.54) is 49.0 Å². The van der Waals surface area contributed by atoms with Crippen LogP contribution in [0.25, 0.3) is 10.9 Å². The highest BCUT2D eigenvalue weighted by molar-refractivity contribution is 5.81. The minimum atomic E-state index is -0.178. The second-order valence-corrected chi connectivity index (χ2v) is 7.49. The number of hydrogen-bond donors (Lipinski definition) is 1. The fourth-order valence-corrected chi connectivity index (χ4v) is 3.78. The molecule has 2 heterocycles. The quantitative estimate of drug-likeness (QED) is 0.692. The first-order chi connectivity index (χ1) is 14.1. The molecule has 0 bridgehead atoms. The van der Waals surface area contributed by atoms with Gasteiger partial charge in [-0.3, -0.25) is 4.79 Å². The Morgan fingerprint density at radius 1 is 1.10 bits per heavy atom. The maximum Gasteiger partial charge on any atom is 0.217 e. The average Bonchev–Trinajstić information content (AvgIpc) is 3.16. The van der Waals surface area contributed by atoms with Gasteiger partial charge in [0, 0.05) is 44.3 Å². The Bertz CT molecular complexity index is 914. The lowest BCUT2D eigenvalue weighted by Gasteiger charge is -2.32. The summed E-state index contributed by atoms with van der Waals surface area (Å²) in [5, 5.41) is 4.16. The SMILES string of the molecule is CCN1CCC(n2ccc3ccc(CNC(C)=O)cc32)CC1.Fc1ccccc1. The zero-order valence-corrected chi connectivity index (χ0v) is 17.3. The third-order valence-corrected chi connectivity index (χ3v) is 5.46. The van der Waals surface area contributed by atoms with Gasteiger partial charge in [-0.15, -0.1) is 0 Å². The van der Waals surface area contributed by atoms with Gasteiger partial charge >= 0.3 is 0 Å². The molecular weight excluding hydrogens is 365 g/mol. The van der Waals surface area contributed by atoms with Crippen LogP contribution in [0.4, 0.5) is 4.39 Å². The number of piperidine rings is 1. The van der Waals surface area contributed by atoms with Crippen LogP contribution in [0.5, 0.6) is 0 Å². The lowest BCUT2D eigenvalue weighted by atomic mass is 10.0. The highest BCUT2D eigenvalue weighted by Crippen LogP contribution is 2.28. The molecule has 4 nitrogen and oxygen atoms in total. The van der Waals surface area contributed by atoms with Crippen molar-refractivity contribution in [2.24, 2.45) is 0 Å². The van der Waals surface area contributed by atoms with E-state index < -0.39 is 0 Å². The molecule has 0 spiro atoms. The topological polar surface area (TPSA) is 37.3 Å². The molecule has 0 aliphatic carbocycles. The number of amides is 1. The fourth-order valence-electron chi connectivity index (χ4n) is 3.78. The van der Waals surface area contributed by atoms with Crippen LogP contribution in [0.1, 0.15) is 38.3 Å². The molecule has 2 aromatic carbocycles. The smallest absolute Gasteiger partial charge is 0.217 e. The van der Waals surface area contributed by atoms with Crippen LogP contribution in [-0.2, 0) is 11.3 Å². The third kappa shape index (κ3) is 5.91. The molecule has 1 aliphatic rings. The molecule has 154 valence electrons. The molecule has 4 rings (SSSR count). The van der Waals surface area contributed by atoms with Crippen molar-refractivity contribution in [2.45, 2.75) is 39.3 Å². The summed E-state index contributed by atoms with van der Waals surface area (Å²) in [4.78, 5) is 13.6. The van der Waals surface area contributed by atoms with E-state index in [9.17, 15) is 9.18 Å². The van der Waals surface area contributed by atoms with Crippen LogP contribution in [0.2, 0.25) is 0 Å². The number of aromatic nitrogens is 1. The van der Waals surface area contributed by atoms with E-state index in [2.05, 4.69) is 52.2 Å². The van der Waals surface area contributed by atoms with Crippen molar-refractivity contribution in [2.75, 3.05) is 19.6 Å². The van der Waals surface area contributed by atoms with E-state index >= 15 is 0 Å². The largest absolute Gasteiger partial charge is 0.352 e. The summed E-state index contributed by atoms with van der Waals surface area (Å²) < 4.78 is 14.3. The minimum absolute atomic E-state index is 0.0161. The number of carbonyl (C=O) groups is 1. The van der Waals surface area contributed by atoms with E-state index in [0.29, 0.717) is 12.6 Å². The van der Waals surface area contributed by atoms with Gasteiger partial charge in [0.25, 0.3) is 0 Å². The van der Waals surface area contributed by atoms with Gasteiger partial charge in [-0.1, -0.05) is 37.3 Å². The Morgan fingerprint density at radius 3 is 2.41 bits per heavy atom. The van der Waals surface area contributed by atoms with Crippen molar-refractivity contribution in [3.05, 3.63) is 72.2 Å². The Morgan fingerprint density at radius 2 is 1.83 bits per heavy atom. The van der Waals surface area contributed by atoms with Crippen LogP contribution in [-0.4, -0.2) is 35.0 Å². The Kier molecular flexibility index (Phi) is 7.42. The normalized spacial score (nSPS) is 15.0. The van der Waals surface area contributed by atoms with Crippen molar-refractivity contribution in [3.8, 4) is 0 Å². The molecule has 1 fully saturated rings. The maximum atomic E-state index is 11.9. The lowest BCUT2D eigenvalue weighted by Crippen LogP contribution is -2.34. The van der Waals surface area contributed by atoms with Crippen molar-refractivity contribution < 1.29 is 9.18 Å². The second kappa shape index (κ2) is 10.2. The first kappa shape index (κ1) is 21.1. The van der Waals surface area contributed by atoms with Crippen LogP contribution in [0.3, 0.4) is 0 Å². The highest BCUT2D eigenvalue weighted by Gasteiger charge is 2.20. The van der Waals surface area contributed by atoms with E-state index in [-0.39, 0.29) is 11.7 Å². The van der Waals surface area contributed by atoms with Crippen molar-refractivity contribution in [1.82, 2.24) is 14.8 Å². The molecule has 0 radical (unpaired) electrons. The van der Waals surface area contributed by atoms with E-state index in [0.717, 1.165) is 12.1 Å². The summed E-state index contributed by atoms with van der Waals surface area (Å²) in [7, 11) is 0. The number of carbonyl (C=O) groups excluding carboxylic acids is 1. The van der Waals surface area contributed by atoms with E-state index in [4.69, 9.17) is 0 Å². The summed E-state index contributed by atoms with van der Waals surface area (Å²) in [6.07, 6.45) is 4.65. The van der Waals surface area contributed by atoms with E-state index in [1.54, 1.807) is 25.1 Å². The van der Waals surface area contributed by atoms with Gasteiger partial charge in [0.05, 0.1) is 0 Å². The standard InChI is InChI=1S/C18H25N3O.C6H5F/c1-3-20-9-7-17(8-10-20)21-11-6-16-5-4-15(12-18(16)21)13-19-14(2)22;7-6-4-2-1-3-5-6/h4-6,11-12,17H,3,7-10,13H2,1-2H3,(H,19,22);1-5H. The van der Waals surface area contributed by atoms with Crippen LogP contribution < -0.4 is 5.32 Å². The molecule has 1 saturated heterocycles. The molecule has 3 aromatic rings. The molecule has 1 aliphatic heterocycles. The number of nitrogens with one attached hydrogen (secondary N) is 1.